The zero-order chi connectivity index (χ0) is 25.0. The number of nitrogens with one attached hydrogen (secondary N) is 2. The Bertz CT molecular complexity index is 1050. The first-order chi connectivity index (χ1) is 16.8. The molecule has 0 aliphatic heterocycles. The molecule has 186 valence electrons. The van der Waals surface area contributed by atoms with Gasteiger partial charge in [0.2, 0.25) is 5.91 Å². The molecule has 35 heavy (non-hydrogen) atoms. The van der Waals surface area contributed by atoms with Gasteiger partial charge in [0, 0.05) is 19.0 Å². The first-order valence-electron chi connectivity index (χ1n) is 12.4. The molecule has 0 radical (unpaired) electrons. The van der Waals surface area contributed by atoms with Crippen molar-refractivity contribution in [2.24, 2.45) is 17.3 Å². The molecule has 2 aliphatic carbocycles. The summed E-state index contributed by atoms with van der Waals surface area (Å²) in [4.78, 5) is 36.8. The van der Waals surface area contributed by atoms with Gasteiger partial charge in [-0.1, -0.05) is 61.4 Å². The van der Waals surface area contributed by atoms with E-state index in [4.69, 9.17) is 4.74 Å². The number of carbonyl (C=O) groups excluding carboxylic acids is 2. The normalized spacial score (nSPS) is 19.4. The van der Waals surface area contributed by atoms with Crippen LogP contribution in [0.1, 0.15) is 56.6 Å². The number of benzene rings is 2. The van der Waals surface area contributed by atoms with Crippen LogP contribution in [0.5, 0.6) is 0 Å². The number of fused-ring (bicyclic) bond motifs is 3. The SMILES string of the molecule is CC(C)(CNC(=O)OCC1c2ccccc2-c2ccccc21)C(=O)NCC1CCCCC1C(=O)O. The monoisotopic (exact) mass is 478 g/mol. The van der Waals surface area contributed by atoms with E-state index in [0.717, 1.165) is 41.5 Å². The summed E-state index contributed by atoms with van der Waals surface area (Å²) in [7, 11) is 0. The molecule has 7 heteroatoms. The Kier molecular flexibility index (Phi) is 7.43. The second-order valence-electron chi connectivity index (χ2n) is 10.3. The van der Waals surface area contributed by atoms with Crippen LogP contribution in [0.25, 0.3) is 11.1 Å². The second-order valence-corrected chi connectivity index (χ2v) is 10.3. The van der Waals surface area contributed by atoms with Crippen molar-refractivity contribution in [1.29, 1.82) is 0 Å². The molecule has 2 aromatic rings. The van der Waals surface area contributed by atoms with Crippen molar-refractivity contribution < 1.29 is 24.2 Å². The van der Waals surface area contributed by atoms with Gasteiger partial charge in [-0.05, 0) is 54.9 Å². The van der Waals surface area contributed by atoms with E-state index in [9.17, 15) is 19.5 Å². The Balaban J connectivity index is 1.27. The molecule has 3 N–H and O–H groups in total. The van der Waals surface area contributed by atoms with E-state index in [1.54, 1.807) is 13.8 Å². The summed E-state index contributed by atoms with van der Waals surface area (Å²) in [6, 6.07) is 16.3. The summed E-state index contributed by atoms with van der Waals surface area (Å²) in [5.41, 5.74) is 3.75. The van der Waals surface area contributed by atoms with E-state index in [2.05, 4.69) is 34.9 Å². The number of hydrogen-bond acceptors (Lipinski definition) is 4. The lowest BCUT2D eigenvalue weighted by Crippen LogP contribution is -2.47. The molecule has 0 spiro atoms. The maximum absolute atomic E-state index is 12.8. The molecule has 0 aromatic heterocycles. The fourth-order valence-electron chi connectivity index (χ4n) is 5.26. The number of carboxylic acids is 1. The van der Waals surface area contributed by atoms with Gasteiger partial charge >= 0.3 is 12.1 Å². The minimum absolute atomic E-state index is 0.0258. The molecule has 2 aliphatic rings. The van der Waals surface area contributed by atoms with Gasteiger partial charge in [-0.15, -0.1) is 0 Å². The molecule has 2 amide bonds. The van der Waals surface area contributed by atoms with Crippen molar-refractivity contribution in [2.75, 3.05) is 19.7 Å². The van der Waals surface area contributed by atoms with E-state index in [1.807, 2.05) is 24.3 Å². The van der Waals surface area contributed by atoms with Crippen LogP contribution in [0.3, 0.4) is 0 Å². The van der Waals surface area contributed by atoms with Crippen LogP contribution >= 0.6 is 0 Å². The highest BCUT2D eigenvalue weighted by atomic mass is 16.5. The third-order valence-corrected chi connectivity index (χ3v) is 7.38. The molecular formula is C28H34N2O5. The molecule has 2 unspecified atom stereocenters. The van der Waals surface area contributed by atoms with Gasteiger partial charge in [0.05, 0.1) is 11.3 Å². The summed E-state index contributed by atoms with van der Waals surface area (Å²) in [6.07, 6.45) is 2.79. The Morgan fingerprint density at radius 1 is 0.943 bits per heavy atom. The molecular weight excluding hydrogens is 444 g/mol. The molecule has 0 bridgehead atoms. The van der Waals surface area contributed by atoms with Gasteiger partial charge in [-0.3, -0.25) is 9.59 Å². The zero-order valence-corrected chi connectivity index (χ0v) is 20.4. The molecule has 2 atom stereocenters. The highest BCUT2D eigenvalue weighted by Crippen LogP contribution is 2.44. The van der Waals surface area contributed by atoms with Crippen LogP contribution in [-0.4, -0.2) is 42.8 Å². The molecule has 7 nitrogen and oxygen atoms in total. The minimum Gasteiger partial charge on any atom is -0.481 e. The van der Waals surface area contributed by atoms with Gasteiger partial charge in [0.15, 0.2) is 0 Å². The highest BCUT2D eigenvalue weighted by molar-refractivity contribution is 5.83. The summed E-state index contributed by atoms with van der Waals surface area (Å²) in [5.74, 6) is -1.50. The molecule has 1 saturated carbocycles. The van der Waals surface area contributed by atoms with E-state index >= 15 is 0 Å². The number of alkyl carbamates (subject to hydrolysis) is 1. The van der Waals surface area contributed by atoms with Crippen molar-refractivity contribution in [1.82, 2.24) is 10.6 Å². The largest absolute Gasteiger partial charge is 0.481 e. The Morgan fingerprint density at radius 3 is 2.17 bits per heavy atom. The number of hydrogen-bond donors (Lipinski definition) is 3. The quantitative estimate of drug-likeness (QED) is 0.516. The zero-order valence-electron chi connectivity index (χ0n) is 20.4. The van der Waals surface area contributed by atoms with Crippen LogP contribution in [0.4, 0.5) is 4.79 Å². The summed E-state index contributed by atoms with van der Waals surface area (Å²) < 4.78 is 5.56. The van der Waals surface area contributed by atoms with Gasteiger partial charge in [0.25, 0.3) is 0 Å². The fraction of sp³-hybridized carbons (Fsp3) is 0.464. The summed E-state index contributed by atoms with van der Waals surface area (Å²) in [6.45, 7) is 4.17. The Labute approximate surface area is 206 Å². The molecule has 1 fully saturated rings. The van der Waals surface area contributed by atoms with Crippen molar-refractivity contribution in [2.45, 2.75) is 45.4 Å². The maximum Gasteiger partial charge on any atom is 0.407 e. The van der Waals surface area contributed by atoms with Crippen molar-refractivity contribution in [3.63, 3.8) is 0 Å². The van der Waals surface area contributed by atoms with E-state index in [-0.39, 0.29) is 30.9 Å². The average molecular weight is 479 g/mol. The van der Waals surface area contributed by atoms with Gasteiger partial charge in [0.1, 0.15) is 6.61 Å². The van der Waals surface area contributed by atoms with Crippen LogP contribution in [0.2, 0.25) is 0 Å². The van der Waals surface area contributed by atoms with E-state index in [0.29, 0.717) is 13.0 Å². The van der Waals surface area contributed by atoms with E-state index < -0.39 is 23.4 Å². The Hall–Kier alpha value is -3.35. The van der Waals surface area contributed by atoms with Gasteiger partial charge < -0.3 is 20.5 Å². The van der Waals surface area contributed by atoms with Crippen LogP contribution in [0, 0.1) is 17.3 Å². The first-order valence-corrected chi connectivity index (χ1v) is 12.4. The number of carbonyl (C=O) groups is 3. The average Bonchev–Trinajstić information content (AvgIpc) is 3.18. The van der Waals surface area contributed by atoms with Crippen molar-refractivity contribution >= 4 is 18.0 Å². The lowest BCUT2D eigenvalue weighted by molar-refractivity contribution is -0.145. The van der Waals surface area contributed by atoms with Crippen LogP contribution in [0.15, 0.2) is 48.5 Å². The smallest absolute Gasteiger partial charge is 0.407 e. The van der Waals surface area contributed by atoms with Crippen molar-refractivity contribution in [3.8, 4) is 11.1 Å². The van der Waals surface area contributed by atoms with Crippen molar-refractivity contribution in [3.05, 3.63) is 59.7 Å². The van der Waals surface area contributed by atoms with Gasteiger partial charge in [-0.2, -0.15) is 0 Å². The fourth-order valence-corrected chi connectivity index (χ4v) is 5.26. The molecule has 4 rings (SSSR count). The predicted octanol–water partition coefficient (Wildman–Crippen LogP) is 4.56. The highest BCUT2D eigenvalue weighted by Gasteiger charge is 2.34. The lowest BCUT2D eigenvalue weighted by Gasteiger charge is -2.30. The van der Waals surface area contributed by atoms with E-state index in [1.165, 1.54) is 0 Å². The summed E-state index contributed by atoms with van der Waals surface area (Å²) >= 11 is 0. The first kappa shape index (κ1) is 24.8. The molecule has 2 aromatic carbocycles. The summed E-state index contributed by atoms with van der Waals surface area (Å²) in [5, 5.41) is 15.1. The number of aliphatic carboxylic acids is 1. The number of amides is 2. The number of carboxylic acid groups (broad SMARTS) is 1. The lowest BCUT2D eigenvalue weighted by atomic mass is 9.79. The molecule has 0 heterocycles. The van der Waals surface area contributed by atoms with Crippen LogP contribution in [-0.2, 0) is 14.3 Å². The standard InChI is InChI=1S/C28H34N2O5/c1-28(2,26(33)29-15-18-9-3-4-10-19(18)25(31)32)17-30-27(34)35-16-24-22-13-7-5-11-20(22)21-12-6-8-14-23(21)24/h5-8,11-14,18-19,24H,3-4,9-10,15-17H2,1-2H3,(H,29,33)(H,30,34)(H,31,32). The van der Waals surface area contributed by atoms with Gasteiger partial charge in [-0.25, -0.2) is 4.79 Å². The second kappa shape index (κ2) is 10.5. The minimum atomic E-state index is -0.862. The molecule has 0 saturated heterocycles. The third kappa shape index (κ3) is 5.50. The van der Waals surface area contributed by atoms with Crippen LogP contribution < -0.4 is 10.6 Å². The number of rotatable bonds is 8. The Morgan fingerprint density at radius 2 is 1.54 bits per heavy atom. The number of ether oxygens (including phenoxy) is 1. The maximum atomic E-state index is 12.8. The topological polar surface area (TPSA) is 105 Å². The third-order valence-electron chi connectivity index (χ3n) is 7.38. The predicted molar refractivity (Wildman–Crippen MR) is 133 cm³/mol.